The molecule has 1 atom stereocenters. The maximum Gasteiger partial charge on any atom is 0.253 e. The number of carbonyl (C=O) groups excluding carboxylic acids is 1. The minimum Gasteiger partial charge on any atom is -0.391 e. The van der Waals surface area contributed by atoms with Crippen LogP contribution in [0.5, 0.6) is 0 Å². The van der Waals surface area contributed by atoms with E-state index in [1.54, 1.807) is 6.20 Å². The molecular formula is C21H26N4O2. The summed E-state index contributed by atoms with van der Waals surface area (Å²) in [7, 11) is 0. The molecule has 6 nitrogen and oxygen atoms in total. The maximum atomic E-state index is 12.7. The predicted molar refractivity (Wildman–Crippen MR) is 105 cm³/mol. The number of benzene rings is 1. The van der Waals surface area contributed by atoms with E-state index in [0.29, 0.717) is 12.4 Å². The summed E-state index contributed by atoms with van der Waals surface area (Å²) in [4.78, 5) is 25.8. The Hall–Kier alpha value is -2.47. The molecule has 1 N–H and O–H groups in total. The number of aromatic nitrogens is 2. The van der Waals surface area contributed by atoms with Crippen LogP contribution in [0, 0.1) is 0 Å². The third-order valence-electron chi connectivity index (χ3n) is 5.41. The largest absolute Gasteiger partial charge is 0.391 e. The number of likely N-dealkylation sites (tertiary alicyclic amines) is 1. The first-order valence-electron chi connectivity index (χ1n) is 9.86. The van der Waals surface area contributed by atoms with E-state index in [9.17, 15) is 9.90 Å². The monoisotopic (exact) mass is 366 g/mol. The summed E-state index contributed by atoms with van der Waals surface area (Å²) in [5, 5.41) is 9.73. The average Bonchev–Trinajstić information content (AvgIpc) is 2.97. The molecule has 2 aliphatic rings. The molecule has 0 bridgehead atoms. The van der Waals surface area contributed by atoms with Crippen LogP contribution in [-0.4, -0.2) is 58.2 Å². The van der Waals surface area contributed by atoms with Crippen molar-refractivity contribution >= 4 is 11.7 Å². The van der Waals surface area contributed by atoms with Gasteiger partial charge in [0.25, 0.3) is 5.91 Å². The zero-order valence-corrected chi connectivity index (χ0v) is 15.5. The van der Waals surface area contributed by atoms with Crippen molar-refractivity contribution in [3.63, 3.8) is 0 Å². The zero-order chi connectivity index (χ0) is 18.6. The molecule has 1 unspecified atom stereocenters. The summed E-state index contributed by atoms with van der Waals surface area (Å²) in [6.45, 7) is 3.13. The molecule has 0 aliphatic carbocycles. The Bertz CT molecular complexity index is 785. The van der Waals surface area contributed by atoms with Crippen molar-refractivity contribution < 1.29 is 9.90 Å². The topological polar surface area (TPSA) is 69.6 Å². The molecule has 2 saturated heterocycles. The minimum atomic E-state index is -0.285. The van der Waals surface area contributed by atoms with Crippen LogP contribution >= 0.6 is 0 Å². The van der Waals surface area contributed by atoms with Crippen LogP contribution in [0.1, 0.15) is 42.5 Å². The Morgan fingerprint density at radius 2 is 1.74 bits per heavy atom. The fourth-order valence-electron chi connectivity index (χ4n) is 3.83. The van der Waals surface area contributed by atoms with Gasteiger partial charge >= 0.3 is 0 Å². The van der Waals surface area contributed by atoms with Crippen LogP contribution in [0.25, 0.3) is 11.4 Å². The van der Waals surface area contributed by atoms with Crippen LogP contribution in [0.3, 0.4) is 0 Å². The van der Waals surface area contributed by atoms with E-state index in [1.165, 1.54) is 12.8 Å². The molecule has 0 radical (unpaired) electrons. The molecule has 0 spiro atoms. The number of carbonyl (C=O) groups is 1. The number of β-amino-alcohol motifs (C(OH)–C–C–N with tert-alkyl or cyclic N) is 1. The van der Waals surface area contributed by atoms with Crippen molar-refractivity contribution in [2.24, 2.45) is 0 Å². The molecule has 1 amide bonds. The van der Waals surface area contributed by atoms with E-state index in [1.807, 2.05) is 35.2 Å². The number of nitrogens with zero attached hydrogens (tertiary/aromatic N) is 4. The Labute approximate surface area is 159 Å². The first kappa shape index (κ1) is 17.9. The summed E-state index contributed by atoms with van der Waals surface area (Å²) >= 11 is 0. The lowest BCUT2D eigenvalue weighted by Gasteiger charge is -2.20. The van der Waals surface area contributed by atoms with Crippen LogP contribution < -0.4 is 4.90 Å². The van der Waals surface area contributed by atoms with Crippen LogP contribution in [0.15, 0.2) is 36.5 Å². The number of amides is 1. The molecule has 2 aromatic rings. The van der Waals surface area contributed by atoms with E-state index >= 15 is 0 Å². The van der Waals surface area contributed by atoms with Crippen molar-refractivity contribution in [3.05, 3.63) is 42.1 Å². The highest BCUT2D eigenvalue weighted by Gasteiger charge is 2.22. The minimum absolute atomic E-state index is 0.115. The molecule has 2 aliphatic heterocycles. The van der Waals surface area contributed by atoms with Gasteiger partial charge in [-0.25, -0.2) is 9.97 Å². The normalized spacial score (nSPS) is 20.6. The van der Waals surface area contributed by atoms with Gasteiger partial charge in [0.15, 0.2) is 5.82 Å². The van der Waals surface area contributed by atoms with Gasteiger partial charge in [-0.15, -0.1) is 0 Å². The fourth-order valence-corrected chi connectivity index (χ4v) is 3.83. The first-order chi connectivity index (χ1) is 13.2. The van der Waals surface area contributed by atoms with Gasteiger partial charge in [0.05, 0.1) is 6.10 Å². The molecule has 1 aromatic carbocycles. The highest BCUT2D eigenvalue weighted by molar-refractivity contribution is 5.94. The average molecular weight is 366 g/mol. The van der Waals surface area contributed by atoms with Gasteiger partial charge in [-0.05, 0) is 37.5 Å². The fraction of sp³-hybridized carbons (Fsp3) is 0.476. The van der Waals surface area contributed by atoms with E-state index in [-0.39, 0.29) is 12.0 Å². The lowest BCUT2D eigenvalue weighted by atomic mass is 10.1. The summed E-state index contributed by atoms with van der Waals surface area (Å²) in [6.07, 6.45) is 6.85. The molecule has 0 saturated carbocycles. The van der Waals surface area contributed by atoms with Gasteiger partial charge in [0, 0.05) is 43.5 Å². The summed E-state index contributed by atoms with van der Waals surface area (Å²) < 4.78 is 0. The van der Waals surface area contributed by atoms with Gasteiger partial charge in [0.2, 0.25) is 0 Å². The second-order valence-electron chi connectivity index (χ2n) is 7.41. The smallest absolute Gasteiger partial charge is 0.253 e. The molecule has 1 aromatic heterocycles. The lowest BCUT2D eigenvalue weighted by molar-refractivity contribution is 0.0761. The predicted octanol–water partition coefficient (Wildman–Crippen LogP) is 2.73. The molecule has 4 rings (SSSR count). The summed E-state index contributed by atoms with van der Waals surface area (Å²) in [6, 6.07) is 9.46. The number of hydrogen-bond donors (Lipinski definition) is 1. The highest BCUT2D eigenvalue weighted by atomic mass is 16.3. The van der Waals surface area contributed by atoms with Crippen LogP contribution in [0.2, 0.25) is 0 Å². The van der Waals surface area contributed by atoms with Gasteiger partial charge < -0.3 is 14.9 Å². The third kappa shape index (κ3) is 4.11. The summed E-state index contributed by atoms with van der Waals surface area (Å²) in [5.74, 6) is 1.59. The molecule has 27 heavy (non-hydrogen) atoms. The molecule has 2 fully saturated rings. The summed E-state index contributed by atoms with van der Waals surface area (Å²) in [5.41, 5.74) is 1.61. The second kappa shape index (κ2) is 8.05. The number of anilines is 1. The number of hydrogen-bond acceptors (Lipinski definition) is 5. The zero-order valence-electron chi connectivity index (χ0n) is 15.5. The third-order valence-corrected chi connectivity index (χ3v) is 5.41. The van der Waals surface area contributed by atoms with E-state index in [2.05, 4.69) is 14.9 Å². The van der Waals surface area contributed by atoms with Crippen molar-refractivity contribution in [3.8, 4) is 11.4 Å². The molecule has 6 heteroatoms. The standard InChI is InChI=1S/C21H26N4O2/c26-18-10-14-25(15-18)19-9-11-22-20(23-19)16-5-7-17(8-6-16)21(27)24-12-3-1-2-4-13-24/h5-9,11,18,26H,1-4,10,12-15H2. The van der Waals surface area contributed by atoms with Gasteiger partial charge in [0.1, 0.15) is 5.82 Å². The highest BCUT2D eigenvalue weighted by Crippen LogP contribution is 2.22. The number of rotatable bonds is 3. The van der Waals surface area contributed by atoms with Gasteiger partial charge in [-0.3, -0.25) is 4.79 Å². The Morgan fingerprint density at radius 1 is 1.00 bits per heavy atom. The van der Waals surface area contributed by atoms with Crippen LogP contribution in [0.4, 0.5) is 5.82 Å². The lowest BCUT2D eigenvalue weighted by Crippen LogP contribution is -2.31. The number of aliphatic hydroxyl groups is 1. The Balaban J connectivity index is 1.49. The van der Waals surface area contributed by atoms with E-state index in [4.69, 9.17) is 0 Å². The molecular weight excluding hydrogens is 340 g/mol. The number of aliphatic hydroxyl groups excluding tert-OH is 1. The van der Waals surface area contributed by atoms with E-state index < -0.39 is 0 Å². The van der Waals surface area contributed by atoms with E-state index in [0.717, 1.165) is 55.8 Å². The SMILES string of the molecule is O=C(c1ccc(-c2nccc(N3CCC(O)C3)n2)cc1)N1CCCCCC1. The van der Waals surface area contributed by atoms with Crippen LogP contribution in [-0.2, 0) is 0 Å². The Morgan fingerprint density at radius 3 is 2.41 bits per heavy atom. The molecule has 3 heterocycles. The molecule has 142 valence electrons. The first-order valence-corrected chi connectivity index (χ1v) is 9.86. The van der Waals surface area contributed by atoms with Crippen molar-refractivity contribution in [1.29, 1.82) is 0 Å². The van der Waals surface area contributed by atoms with Crippen molar-refractivity contribution in [1.82, 2.24) is 14.9 Å². The van der Waals surface area contributed by atoms with Crippen molar-refractivity contribution in [2.75, 3.05) is 31.1 Å². The van der Waals surface area contributed by atoms with Gasteiger partial charge in [-0.2, -0.15) is 0 Å². The maximum absolute atomic E-state index is 12.7. The van der Waals surface area contributed by atoms with Crippen molar-refractivity contribution in [2.45, 2.75) is 38.2 Å². The quantitative estimate of drug-likeness (QED) is 0.904. The Kier molecular flexibility index (Phi) is 5.34. The van der Waals surface area contributed by atoms with Gasteiger partial charge in [-0.1, -0.05) is 25.0 Å². The second-order valence-corrected chi connectivity index (χ2v) is 7.41.